The van der Waals surface area contributed by atoms with Gasteiger partial charge in [-0.3, -0.25) is 4.79 Å². The largest absolute Gasteiger partial charge is 0.423 e. The predicted molar refractivity (Wildman–Crippen MR) is 125 cm³/mol. The maximum atomic E-state index is 14.4. The van der Waals surface area contributed by atoms with Gasteiger partial charge in [-0.2, -0.15) is 4.31 Å². The standard InChI is InChI=1S/C25H23FN2O6S/c26-22-10-9-20(16-23(22)35(31,32)28-11-13-33-14-12-28)25(30)34-21-8-4-7-19(15-21)24(29)27-17-18-5-2-1-3-6-18/h1-10,15-16H,11-14,17H2,(H,27,29). The fourth-order valence-electron chi connectivity index (χ4n) is 3.50. The van der Waals surface area contributed by atoms with Gasteiger partial charge in [-0.15, -0.1) is 0 Å². The molecule has 0 atom stereocenters. The van der Waals surface area contributed by atoms with Crippen LogP contribution in [0, 0.1) is 5.82 Å². The summed E-state index contributed by atoms with van der Waals surface area (Å²) in [6, 6.07) is 18.4. The van der Waals surface area contributed by atoms with E-state index in [4.69, 9.17) is 9.47 Å². The molecule has 3 aromatic carbocycles. The average Bonchev–Trinajstić information content (AvgIpc) is 2.88. The van der Waals surface area contributed by atoms with Crippen molar-refractivity contribution in [2.75, 3.05) is 26.3 Å². The van der Waals surface area contributed by atoms with Crippen LogP contribution in [0.3, 0.4) is 0 Å². The van der Waals surface area contributed by atoms with Crippen molar-refractivity contribution in [3.63, 3.8) is 0 Å². The van der Waals surface area contributed by atoms with Crippen molar-refractivity contribution in [1.82, 2.24) is 9.62 Å². The molecule has 0 radical (unpaired) electrons. The molecule has 35 heavy (non-hydrogen) atoms. The van der Waals surface area contributed by atoms with Crippen LogP contribution in [0.1, 0.15) is 26.3 Å². The minimum atomic E-state index is -4.15. The third kappa shape index (κ3) is 5.91. The van der Waals surface area contributed by atoms with Crippen LogP contribution in [0.25, 0.3) is 0 Å². The second-order valence-corrected chi connectivity index (χ2v) is 9.65. The molecule has 0 unspecified atom stereocenters. The number of rotatable bonds is 7. The summed E-state index contributed by atoms with van der Waals surface area (Å²) in [4.78, 5) is 24.6. The molecule has 182 valence electrons. The lowest BCUT2D eigenvalue weighted by atomic mass is 10.2. The second kappa shape index (κ2) is 10.8. The highest BCUT2D eigenvalue weighted by atomic mass is 32.2. The SMILES string of the molecule is O=C(NCc1ccccc1)c1cccc(OC(=O)c2ccc(F)c(S(=O)(=O)N3CCOCC3)c2)c1. The lowest BCUT2D eigenvalue weighted by molar-refractivity contribution is 0.0726. The predicted octanol–water partition coefficient (Wildman–Crippen LogP) is 3.00. The van der Waals surface area contributed by atoms with Crippen LogP contribution in [0.2, 0.25) is 0 Å². The molecule has 1 saturated heterocycles. The van der Waals surface area contributed by atoms with Crippen molar-refractivity contribution < 1.29 is 31.9 Å². The van der Waals surface area contributed by atoms with E-state index in [1.54, 1.807) is 12.1 Å². The average molecular weight is 499 g/mol. The Balaban J connectivity index is 1.47. The van der Waals surface area contributed by atoms with Crippen LogP contribution >= 0.6 is 0 Å². The normalized spacial score (nSPS) is 14.3. The Bertz CT molecular complexity index is 1320. The zero-order valence-electron chi connectivity index (χ0n) is 18.6. The van der Waals surface area contributed by atoms with Gasteiger partial charge in [0.25, 0.3) is 5.91 Å². The summed E-state index contributed by atoms with van der Waals surface area (Å²) in [6.45, 7) is 0.931. The van der Waals surface area contributed by atoms with E-state index in [0.717, 1.165) is 28.1 Å². The maximum Gasteiger partial charge on any atom is 0.343 e. The van der Waals surface area contributed by atoms with Crippen molar-refractivity contribution in [2.24, 2.45) is 0 Å². The van der Waals surface area contributed by atoms with E-state index in [1.165, 1.54) is 12.1 Å². The van der Waals surface area contributed by atoms with Gasteiger partial charge in [-0.1, -0.05) is 36.4 Å². The number of carbonyl (C=O) groups is 2. The first kappa shape index (κ1) is 24.5. The molecule has 8 nitrogen and oxygen atoms in total. The molecule has 1 aliphatic heterocycles. The summed E-state index contributed by atoms with van der Waals surface area (Å²) in [6.07, 6.45) is 0. The molecule has 3 aromatic rings. The number of nitrogens with one attached hydrogen (secondary N) is 1. The highest BCUT2D eigenvalue weighted by molar-refractivity contribution is 7.89. The highest BCUT2D eigenvalue weighted by Gasteiger charge is 2.30. The quantitative estimate of drug-likeness (QED) is 0.397. The molecule has 1 aliphatic rings. The Hall–Kier alpha value is -3.60. The third-order valence-corrected chi connectivity index (χ3v) is 7.27. The summed E-state index contributed by atoms with van der Waals surface area (Å²) in [5.41, 5.74) is 1.07. The van der Waals surface area contributed by atoms with Crippen molar-refractivity contribution in [3.8, 4) is 5.75 Å². The minimum Gasteiger partial charge on any atom is -0.423 e. The number of morpholine rings is 1. The second-order valence-electron chi connectivity index (χ2n) is 7.75. The summed E-state index contributed by atoms with van der Waals surface area (Å²) in [5, 5.41) is 2.79. The molecular weight excluding hydrogens is 475 g/mol. The smallest absolute Gasteiger partial charge is 0.343 e. The van der Waals surface area contributed by atoms with Crippen LogP contribution in [-0.2, 0) is 21.3 Å². The van der Waals surface area contributed by atoms with Crippen molar-refractivity contribution in [3.05, 3.63) is 95.3 Å². The molecule has 1 heterocycles. The molecule has 0 spiro atoms. The monoisotopic (exact) mass is 498 g/mol. The molecule has 1 amide bonds. The van der Waals surface area contributed by atoms with Crippen molar-refractivity contribution in [1.29, 1.82) is 0 Å². The topological polar surface area (TPSA) is 102 Å². The van der Waals surface area contributed by atoms with Gasteiger partial charge >= 0.3 is 5.97 Å². The lowest BCUT2D eigenvalue weighted by Gasteiger charge is -2.26. The number of halogens is 1. The van der Waals surface area contributed by atoms with E-state index in [2.05, 4.69) is 5.32 Å². The van der Waals surface area contributed by atoms with Gasteiger partial charge < -0.3 is 14.8 Å². The molecule has 1 fully saturated rings. The zero-order valence-corrected chi connectivity index (χ0v) is 19.5. The molecule has 0 aromatic heterocycles. The molecular formula is C25H23FN2O6S. The van der Waals surface area contributed by atoms with Crippen LogP contribution in [0.15, 0.2) is 77.7 Å². The van der Waals surface area contributed by atoms with Gasteiger partial charge in [0.2, 0.25) is 10.0 Å². The van der Waals surface area contributed by atoms with Crippen LogP contribution in [-0.4, -0.2) is 50.9 Å². The number of amides is 1. The van der Waals surface area contributed by atoms with E-state index in [-0.39, 0.29) is 49.1 Å². The number of hydrogen-bond donors (Lipinski definition) is 1. The summed E-state index contributed by atoms with van der Waals surface area (Å²) < 4.78 is 51.7. The number of ether oxygens (including phenoxy) is 2. The van der Waals surface area contributed by atoms with Gasteiger partial charge in [0.05, 0.1) is 18.8 Å². The van der Waals surface area contributed by atoms with Crippen molar-refractivity contribution >= 4 is 21.9 Å². The van der Waals surface area contributed by atoms with E-state index >= 15 is 0 Å². The Labute approximate surface area is 202 Å². The Kier molecular flexibility index (Phi) is 7.54. The third-order valence-electron chi connectivity index (χ3n) is 5.36. The lowest BCUT2D eigenvalue weighted by Crippen LogP contribution is -2.41. The zero-order chi connectivity index (χ0) is 24.8. The first-order valence-corrected chi connectivity index (χ1v) is 12.3. The van der Waals surface area contributed by atoms with Crippen molar-refractivity contribution in [2.45, 2.75) is 11.4 Å². The van der Waals surface area contributed by atoms with Gasteiger partial charge in [0, 0.05) is 25.2 Å². The maximum absolute atomic E-state index is 14.4. The summed E-state index contributed by atoms with van der Waals surface area (Å²) in [5.74, 6) is -2.12. The highest BCUT2D eigenvalue weighted by Crippen LogP contribution is 2.23. The number of benzene rings is 3. The van der Waals surface area contributed by atoms with Gasteiger partial charge in [0.1, 0.15) is 16.5 Å². The Morgan fingerprint density at radius 1 is 0.943 bits per heavy atom. The van der Waals surface area contributed by atoms with Gasteiger partial charge in [-0.25, -0.2) is 17.6 Å². The van der Waals surface area contributed by atoms with Crippen LogP contribution < -0.4 is 10.1 Å². The number of nitrogens with zero attached hydrogens (tertiary/aromatic N) is 1. The molecule has 0 saturated carbocycles. The van der Waals surface area contributed by atoms with Crippen LogP contribution in [0.4, 0.5) is 4.39 Å². The molecule has 1 N–H and O–H groups in total. The van der Waals surface area contributed by atoms with Crippen LogP contribution in [0.5, 0.6) is 5.75 Å². The van der Waals surface area contributed by atoms with E-state index in [0.29, 0.717) is 6.54 Å². The molecule has 0 aliphatic carbocycles. The first-order chi connectivity index (χ1) is 16.8. The molecule has 10 heteroatoms. The fourth-order valence-corrected chi connectivity index (χ4v) is 5.00. The van der Waals surface area contributed by atoms with E-state index in [1.807, 2.05) is 30.3 Å². The molecule has 4 rings (SSSR count). The minimum absolute atomic E-state index is 0.0873. The Morgan fingerprint density at radius 3 is 2.43 bits per heavy atom. The van der Waals surface area contributed by atoms with Gasteiger partial charge in [0.15, 0.2) is 0 Å². The van der Waals surface area contributed by atoms with E-state index < -0.39 is 26.7 Å². The molecule has 0 bridgehead atoms. The number of carbonyl (C=O) groups excluding carboxylic acids is 2. The number of sulfonamides is 1. The summed E-state index contributed by atoms with van der Waals surface area (Å²) >= 11 is 0. The summed E-state index contributed by atoms with van der Waals surface area (Å²) in [7, 11) is -4.15. The number of esters is 1. The van der Waals surface area contributed by atoms with Gasteiger partial charge in [-0.05, 0) is 42.0 Å². The number of hydrogen-bond acceptors (Lipinski definition) is 6. The Morgan fingerprint density at radius 2 is 1.69 bits per heavy atom. The van der Waals surface area contributed by atoms with E-state index in [9.17, 15) is 22.4 Å². The fraction of sp³-hybridized carbons (Fsp3) is 0.200. The first-order valence-electron chi connectivity index (χ1n) is 10.9.